The number of rotatable bonds is 21. The number of ether oxygens (including phenoxy) is 3. The molecule has 0 bridgehead atoms. The van der Waals surface area contributed by atoms with Crippen LogP contribution in [0.1, 0.15) is 67.1 Å². The Bertz CT molecular complexity index is 4140. The van der Waals surface area contributed by atoms with Crippen molar-refractivity contribution >= 4 is 52.6 Å². The fourth-order valence-corrected chi connectivity index (χ4v) is 12.2. The highest BCUT2D eigenvalue weighted by Crippen LogP contribution is 2.55. The maximum absolute atomic E-state index is 12.2. The van der Waals surface area contributed by atoms with Crippen LogP contribution in [-0.4, -0.2) is 102 Å². The summed E-state index contributed by atoms with van der Waals surface area (Å²) in [4.78, 5) is 79.7. The third-order valence-corrected chi connectivity index (χ3v) is 16.8. The number of carbonyl (C=O) groups excluding carboxylic acids is 6. The zero-order chi connectivity index (χ0) is 64.9. The van der Waals surface area contributed by atoms with E-state index < -0.39 is 17.7 Å². The quantitative estimate of drug-likeness (QED) is 0.0419. The van der Waals surface area contributed by atoms with Gasteiger partial charge in [0.05, 0.1) is 34.9 Å². The molecule has 6 amide bonds. The summed E-state index contributed by atoms with van der Waals surface area (Å²) in [6.45, 7) is 13.6. The molecule has 5 heterocycles. The van der Waals surface area contributed by atoms with Crippen molar-refractivity contribution in [3.63, 3.8) is 0 Å². The molecule has 1 atom stereocenters. The Balaban J connectivity index is 0.000000152. The Kier molecular flexibility index (Phi) is 19.9. The molecule has 92 heavy (non-hydrogen) atoms. The van der Waals surface area contributed by atoms with Gasteiger partial charge in [-0.3, -0.25) is 33.4 Å². The van der Waals surface area contributed by atoms with Crippen molar-refractivity contribution in [2.24, 2.45) is 22.6 Å². The normalized spacial score (nSPS) is 14.4. The minimum atomic E-state index is -0.612. The first-order valence-corrected chi connectivity index (χ1v) is 30.4. The second-order valence-corrected chi connectivity index (χ2v) is 23.2. The van der Waals surface area contributed by atoms with Crippen LogP contribution in [0, 0.1) is 5.41 Å². The van der Waals surface area contributed by atoms with E-state index in [1.807, 2.05) is 164 Å². The first-order chi connectivity index (χ1) is 44.5. The molecule has 9 N–H and O–H groups in total. The summed E-state index contributed by atoms with van der Waals surface area (Å²) in [7, 11) is 0. The Morgan fingerprint density at radius 2 is 1.09 bits per heavy atom. The van der Waals surface area contributed by atoms with Crippen molar-refractivity contribution in [2.75, 3.05) is 31.9 Å². The minimum Gasteiger partial charge on any atom is -0.457 e. The van der Waals surface area contributed by atoms with E-state index in [9.17, 15) is 28.8 Å². The number of aromatic nitrogens is 5. The number of hydrogen-bond acceptors (Lipinski definition) is 14. The van der Waals surface area contributed by atoms with Gasteiger partial charge in [-0.05, 0) is 153 Å². The molecule has 3 aromatic heterocycles. The van der Waals surface area contributed by atoms with Crippen LogP contribution >= 0.6 is 11.3 Å². The number of amides is 6. The molecule has 2 aliphatic heterocycles. The van der Waals surface area contributed by atoms with Gasteiger partial charge in [0.2, 0.25) is 17.7 Å². The maximum Gasteiger partial charge on any atom is 0.261 e. The van der Waals surface area contributed by atoms with E-state index in [1.54, 1.807) is 25.4 Å². The van der Waals surface area contributed by atoms with Crippen molar-refractivity contribution in [3.05, 3.63) is 229 Å². The molecule has 1 aliphatic carbocycles. The molecule has 2 saturated heterocycles. The average molecular weight is 1250 g/mol. The third-order valence-electron chi connectivity index (χ3n) is 15.7. The van der Waals surface area contributed by atoms with Gasteiger partial charge in [-0.1, -0.05) is 74.3 Å². The van der Waals surface area contributed by atoms with E-state index in [0.29, 0.717) is 83.9 Å². The van der Waals surface area contributed by atoms with Crippen LogP contribution in [0.25, 0.3) is 33.8 Å². The second kappa shape index (κ2) is 28.8. The van der Waals surface area contributed by atoms with E-state index in [-0.39, 0.29) is 46.6 Å². The number of nitrogens with zero attached hydrogens (tertiary/aromatic N) is 7. The summed E-state index contributed by atoms with van der Waals surface area (Å²) in [6.07, 6.45) is 9.55. The molecular weight excluding hydrogens is 1180 g/mol. The van der Waals surface area contributed by atoms with Gasteiger partial charge in [-0.2, -0.15) is 10.2 Å². The Hall–Kier alpha value is -11.4. The largest absolute Gasteiger partial charge is 0.457 e. The third kappa shape index (κ3) is 15.2. The van der Waals surface area contributed by atoms with Crippen molar-refractivity contribution in [3.8, 4) is 68.3 Å². The highest BCUT2D eigenvalue weighted by molar-refractivity contribution is 7.14. The highest BCUT2D eigenvalue weighted by atomic mass is 32.1. The molecule has 468 valence electrons. The van der Waals surface area contributed by atoms with Gasteiger partial charge in [-0.25, -0.2) is 9.67 Å². The lowest BCUT2D eigenvalue weighted by Crippen LogP contribution is -2.63. The van der Waals surface area contributed by atoms with Crippen molar-refractivity contribution in [1.29, 1.82) is 0 Å². The fourth-order valence-electron chi connectivity index (χ4n) is 11.3. The lowest BCUT2D eigenvalue weighted by atomic mass is 9.60. The number of anilines is 1. The molecule has 22 heteroatoms. The molecule has 0 radical (unpaired) electrons. The number of primary amides is 3. The van der Waals surface area contributed by atoms with Gasteiger partial charge in [-0.15, -0.1) is 11.3 Å². The number of nitrogens with one attached hydrogen (secondary N) is 1. The number of carbonyl (C=O) groups is 6. The van der Waals surface area contributed by atoms with Gasteiger partial charge in [0.1, 0.15) is 62.1 Å². The first-order valence-electron chi connectivity index (χ1n) is 29.6. The number of nitrogens with two attached hydrogens (primary N) is 4. The summed E-state index contributed by atoms with van der Waals surface area (Å²) in [5.41, 5.74) is 27.6. The average Bonchev–Trinajstić information content (AvgIpc) is 1.24. The number of benzene rings is 6. The van der Waals surface area contributed by atoms with Crippen LogP contribution in [0.3, 0.4) is 0 Å². The molecule has 6 aromatic carbocycles. The molecule has 3 aliphatic rings. The first kappa shape index (κ1) is 63.6. The molecular formula is C70H68N12O9S. The van der Waals surface area contributed by atoms with E-state index in [0.717, 1.165) is 64.6 Å². The number of para-hydroxylation sites is 3. The van der Waals surface area contributed by atoms with Crippen molar-refractivity contribution < 1.29 is 43.0 Å². The monoisotopic (exact) mass is 1250 g/mol. The molecule has 21 nitrogen and oxygen atoms in total. The van der Waals surface area contributed by atoms with Crippen LogP contribution < -0.4 is 42.5 Å². The minimum absolute atomic E-state index is 0.0145. The summed E-state index contributed by atoms with van der Waals surface area (Å²) >= 11 is 1.23. The number of likely N-dealkylation sites (tertiary alicyclic amines) is 2. The van der Waals surface area contributed by atoms with Gasteiger partial charge < -0.3 is 52.3 Å². The number of nitrogen functional groups attached to an aromatic ring is 1. The SMILES string of the molecule is C=CC(=O)N1CC2(CC(n3nc(-c4ccc(Oc5ccccc5)cc4)c(C(N)=O)c3N)C2)C1.C=CC(=O)N1CCC[C@H]1Cn1cc(C(N)=O)c(-c2ccc(Oc3ccccc3)cc2)n1.C=CC(=O)NCCc1nc(-c2ccc(Oc3ccccc3)cc2)c(C(N)=O)s1. The molecule has 3 fully saturated rings. The summed E-state index contributed by atoms with van der Waals surface area (Å²) in [5, 5.41) is 12.7. The summed E-state index contributed by atoms with van der Waals surface area (Å²) in [5.74, 6) is 2.47. The highest BCUT2D eigenvalue weighted by Gasteiger charge is 2.54. The van der Waals surface area contributed by atoms with Crippen molar-refractivity contribution in [2.45, 2.75) is 50.7 Å². The van der Waals surface area contributed by atoms with Crippen LogP contribution in [0.5, 0.6) is 34.5 Å². The van der Waals surface area contributed by atoms with Crippen LogP contribution in [0.2, 0.25) is 0 Å². The lowest BCUT2D eigenvalue weighted by Gasteiger charge is -2.58. The van der Waals surface area contributed by atoms with Gasteiger partial charge in [0.25, 0.3) is 17.7 Å². The van der Waals surface area contributed by atoms with Crippen LogP contribution in [0.15, 0.2) is 208 Å². The Morgan fingerprint density at radius 3 is 1.55 bits per heavy atom. The zero-order valence-electron chi connectivity index (χ0n) is 50.3. The van der Waals surface area contributed by atoms with Crippen molar-refractivity contribution in [1.82, 2.24) is 39.7 Å². The molecule has 1 spiro atoms. The Labute approximate surface area is 535 Å². The van der Waals surface area contributed by atoms with E-state index in [1.165, 1.54) is 29.6 Å². The second-order valence-electron chi connectivity index (χ2n) is 22.1. The fraction of sp³-hybridized carbons (Fsp3) is 0.186. The van der Waals surface area contributed by atoms with E-state index in [4.69, 9.17) is 37.1 Å². The predicted molar refractivity (Wildman–Crippen MR) is 352 cm³/mol. The van der Waals surface area contributed by atoms with Gasteiger partial charge >= 0.3 is 0 Å². The Morgan fingerprint density at radius 1 is 0.598 bits per heavy atom. The zero-order valence-corrected chi connectivity index (χ0v) is 51.1. The number of thiazole rings is 1. The summed E-state index contributed by atoms with van der Waals surface area (Å²) < 4.78 is 20.9. The van der Waals surface area contributed by atoms with Gasteiger partial charge in [0, 0.05) is 60.9 Å². The lowest BCUT2D eigenvalue weighted by molar-refractivity contribution is -0.148. The van der Waals surface area contributed by atoms with Gasteiger partial charge in [0.15, 0.2) is 0 Å². The van der Waals surface area contributed by atoms with E-state index >= 15 is 0 Å². The topological polar surface area (TPSA) is 301 Å². The molecule has 0 unspecified atom stereocenters. The maximum atomic E-state index is 12.2. The predicted octanol–water partition coefficient (Wildman–Crippen LogP) is 10.5. The molecule has 1 saturated carbocycles. The van der Waals surface area contributed by atoms with Crippen LogP contribution in [-0.2, 0) is 27.3 Å². The standard InChI is InChI=1S/C25H25N5O3.C24H24N4O3.C21H19N3O3S/c1-2-20(31)29-14-25(15-29)12-17(13-25)30-23(26)21(24(27)32)22(28-30)16-8-10-19(11-9-16)33-18-6-4-3-5-7-18;1-2-22(29)28-14-6-7-18(28)15-27-16-21(24(25)30)23(26-27)17-10-12-20(13-11-17)31-19-8-4-3-5-9-19;1-2-17(25)23-13-12-18-24-19(20(28-18)21(22)26)14-8-10-16(11-9-14)27-15-6-4-3-5-7-15/h2-11,17H,1,12-15,26H2,(H2,27,32);2-5,8-13,16,18H,1,6-7,14-15H2,(H2,25,30);2-11H,1,12-13H2,(H2,22,26)(H,23,25)/t;18-;/m.0./s1. The van der Waals surface area contributed by atoms with E-state index in [2.05, 4.69) is 40.2 Å². The smallest absolute Gasteiger partial charge is 0.261 e. The molecule has 12 rings (SSSR count). The summed E-state index contributed by atoms with van der Waals surface area (Å²) in [6, 6.07) is 50.5. The van der Waals surface area contributed by atoms with Crippen LogP contribution in [0.4, 0.5) is 5.82 Å². The molecule has 9 aromatic rings. The number of hydrogen-bond donors (Lipinski definition) is 5.